The number of anilines is 3. The van der Waals surface area contributed by atoms with Crippen molar-refractivity contribution in [2.45, 2.75) is 34.1 Å². The molecule has 0 aromatic heterocycles. The van der Waals surface area contributed by atoms with Crippen LogP contribution in [0.25, 0.3) is 0 Å². The van der Waals surface area contributed by atoms with Crippen molar-refractivity contribution in [1.82, 2.24) is 0 Å². The second-order valence-electron chi connectivity index (χ2n) is 8.20. The van der Waals surface area contributed by atoms with Crippen LogP contribution in [0.4, 0.5) is 35.0 Å². The van der Waals surface area contributed by atoms with Gasteiger partial charge in [-0.05, 0) is 41.7 Å². The Labute approximate surface area is 180 Å². The highest BCUT2D eigenvalue weighted by Gasteiger charge is 2.21. The Kier molecular flexibility index (Phi) is 8.31. The van der Waals surface area contributed by atoms with E-state index in [0.717, 1.165) is 12.1 Å². The zero-order valence-corrected chi connectivity index (χ0v) is 18.1. The molecule has 2 rings (SSSR count). The fourth-order valence-corrected chi connectivity index (χ4v) is 3.27. The smallest absolute Gasteiger partial charge is 0.323 e. The van der Waals surface area contributed by atoms with Crippen LogP contribution in [0.15, 0.2) is 30.3 Å². The first-order valence-electron chi connectivity index (χ1n) is 10.1. The fraction of sp³-hybridized carbons (Fsp3) is 0.391. The van der Waals surface area contributed by atoms with Crippen LogP contribution in [-0.4, -0.2) is 19.1 Å². The molecule has 0 saturated carbocycles. The third-order valence-corrected chi connectivity index (χ3v) is 4.32. The monoisotopic (exact) mass is 432 g/mol. The molecule has 0 aliphatic rings. The van der Waals surface area contributed by atoms with Gasteiger partial charge in [0.25, 0.3) is 0 Å². The number of amides is 2. The van der Waals surface area contributed by atoms with Crippen LogP contribution in [0.1, 0.15) is 33.3 Å². The standard InChI is InChI=1S/C23H27F3N4O/c1-14(2)12-30(13-15(3)4)22-19(26)9-16(7-8-27)10-21(22)29-23(31)28-20-6-5-17(24)11-18(20)25/h5-6,9-11,14-15H,7,12-13H2,1-4H3,(H2,28,29,31). The number of urea groups is 1. The summed E-state index contributed by atoms with van der Waals surface area (Å²) in [7, 11) is 0. The molecule has 2 aromatic carbocycles. The zero-order chi connectivity index (χ0) is 23.1. The molecule has 5 nitrogen and oxygen atoms in total. The van der Waals surface area contributed by atoms with Crippen LogP contribution in [-0.2, 0) is 6.42 Å². The molecule has 0 aliphatic carbocycles. The van der Waals surface area contributed by atoms with Gasteiger partial charge >= 0.3 is 6.03 Å². The largest absolute Gasteiger partial charge is 0.367 e. The van der Waals surface area contributed by atoms with Gasteiger partial charge in [0.2, 0.25) is 0 Å². The topological polar surface area (TPSA) is 68.2 Å². The summed E-state index contributed by atoms with van der Waals surface area (Å²) in [4.78, 5) is 14.4. The lowest BCUT2D eigenvalue weighted by Gasteiger charge is -2.31. The number of hydrogen-bond donors (Lipinski definition) is 2. The van der Waals surface area contributed by atoms with Gasteiger partial charge in [-0.2, -0.15) is 5.26 Å². The minimum atomic E-state index is -0.930. The Morgan fingerprint density at radius 2 is 1.58 bits per heavy atom. The zero-order valence-electron chi connectivity index (χ0n) is 18.1. The van der Waals surface area contributed by atoms with Gasteiger partial charge in [-0.15, -0.1) is 0 Å². The van der Waals surface area contributed by atoms with Crippen LogP contribution in [0.5, 0.6) is 0 Å². The molecular formula is C23H27F3N4O. The van der Waals surface area contributed by atoms with Crippen LogP contribution >= 0.6 is 0 Å². The van der Waals surface area contributed by atoms with E-state index in [0.29, 0.717) is 24.7 Å². The number of hydrogen-bond acceptors (Lipinski definition) is 3. The number of carbonyl (C=O) groups excluding carboxylic acids is 1. The van der Waals surface area contributed by atoms with Crippen LogP contribution in [0.2, 0.25) is 0 Å². The van der Waals surface area contributed by atoms with E-state index in [-0.39, 0.29) is 35.3 Å². The fourth-order valence-electron chi connectivity index (χ4n) is 3.27. The Morgan fingerprint density at radius 1 is 0.968 bits per heavy atom. The van der Waals surface area contributed by atoms with E-state index in [1.807, 2.05) is 38.7 Å². The number of nitrogens with one attached hydrogen (secondary N) is 2. The molecule has 0 spiro atoms. The van der Waals surface area contributed by atoms with Gasteiger partial charge in [-0.1, -0.05) is 27.7 Å². The molecule has 0 bridgehead atoms. The van der Waals surface area contributed by atoms with Crippen molar-refractivity contribution >= 4 is 23.1 Å². The molecule has 8 heteroatoms. The number of nitrogens with zero attached hydrogens (tertiary/aromatic N) is 2. The summed E-state index contributed by atoms with van der Waals surface area (Å²) in [5.41, 5.74) is 0.571. The number of benzene rings is 2. The normalized spacial score (nSPS) is 10.8. The molecule has 0 heterocycles. The predicted molar refractivity (Wildman–Crippen MR) is 117 cm³/mol. The number of rotatable bonds is 8. The second kappa shape index (κ2) is 10.7. The molecule has 2 amide bonds. The number of carbonyl (C=O) groups is 1. The lowest BCUT2D eigenvalue weighted by molar-refractivity contribution is 0.262. The van der Waals surface area contributed by atoms with E-state index in [9.17, 15) is 13.6 Å². The second-order valence-corrected chi connectivity index (χ2v) is 8.20. The molecule has 2 N–H and O–H groups in total. The van der Waals surface area contributed by atoms with E-state index in [1.54, 1.807) is 0 Å². The van der Waals surface area contributed by atoms with Crippen LogP contribution in [0, 0.1) is 40.6 Å². The Morgan fingerprint density at radius 3 is 2.13 bits per heavy atom. The lowest BCUT2D eigenvalue weighted by atomic mass is 10.1. The average molecular weight is 432 g/mol. The first-order valence-corrected chi connectivity index (χ1v) is 10.1. The highest BCUT2D eigenvalue weighted by Crippen LogP contribution is 2.33. The molecule has 0 aliphatic heterocycles. The first-order chi connectivity index (χ1) is 14.6. The van der Waals surface area contributed by atoms with E-state index < -0.39 is 23.5 Å². The molecule has 166 valence electrons. The van der Waals surface area contributed by atoms with Gasteiger partial charge in [-0.25, -0.2) is 18.0 Å². The highest BCUT2D eigenvalue weighted by atomic mass is 19.1. The average Bonchev–Trinajstić information content (AvgIpc) is 2.63. The van der Waals surface area contributed by atoms with Crippen LogP contribution < -0.4 is 15.5 Å². The van der Waals surface area contributed by atoms with Gasteiger partial charge in [0.1, 0.15) is 17.5 Å². The van der Waals surface area contributed by atoms with E-state index >= 15 is 4.39 Å². The third-order valence-electron chi connectivity index (χ3n) is 4.32. The molecule has 31 heavy (non-hydrogen) atoms. The Balaban J connectivity index is 2.42. The van der Waals surface area contributed by atoms with Gasteiger partial charge in [0, 0.05) is 19.2 Å². The maximum absolute atomic E-state index is 15.1. The minimum absolute atomic E-state index is 0.0333. The summed E-state index contributed by atoms with van der Waals surface area (Å²) < 4.78 is 42.1. The number of nitriles is 1. The van der Waals surface area contributed by atoms with Crippen LogP contribution in [0.3, 0.4) is 0 Å². The molecule has 0 unspecified atom stereocenters. The summed E-state index contributed by atoms with van der Waals surface area (Å²) >= 11 is 0. The quantitative estimate of drug-likeness (QED) is 0.543. The van der Waals surface area contributed by atoms with E-state index in [4.69, 9.17) is 5.26 Å². The SMILES string of the molecule is CC(C)CN(CC(C)C)c1c(F)cc(CC#N)cc1NC(=O)Nc1ccc(F)cc1F. The molecule has 0 radical (unpaired) electrons. The Hall–Kier alpha value is -3.21. The van der Waals surface area contributed by atoms with Crippen molar-refractivity contribution in [2.24, 2.45) is 11.8 Å². The molecule has 0 saturated heterocycles. The van der Waals surface area contributed by atoms with Crippen molar-refractivity contribution in [3.8, 4) is 6.07 Å². The maximum Gasteiger partial charge on any atom is 0.323 e. The third kappa shape index (κ3) is 6.92. The van der Waals surface area contributed by atoms with E-state index in [1.165, 1.54) is 12.1 Å². The first kappa shape index (κ1) is 24.1. The van der Waals surface area contributed by atoms with Gasteiger partial charge in [0.05, 0.1) is 29.6 Å². The maximum atomic E-state index is 15.1. The summed E-state index contributed by atoms with van der Waals surface area (Å²) in [6.45, 7) is 9.13. The Bertz CT molecular complexity index is 960. The predicted octanol–water partition coefficient (Wildman–Crippen LogP) is 5.93. The van der Waals surface area contributed by atoms with E-state index in [2.05, 4.69) is 10.6 Å². The van der Waals surface area contributed by atoms with Gasteiger partial charge in [0.15, 0.2) is 0 Å². The van der Waals surface area contributed by atoms with Crippen molar-refractivity contribution < 1.29 is 18.0 Å². The number of halogens is 3. The summed E-state index contributed by atoms with van der Waals surface area (Å²) in [5, 5.41) is 13.9. The molecular weight excluding hydrogens is 405 g/mol. The van der Waals surface area contributed by atoms with Crippen molar-refractivity contribution in [1.29, 1.82) is 5.26 Å². The molecule has 0 fully saturated rings. The van der Waals surface area contributed by atoms with Crippen molar-refractivity contribution in [2.75, 3.05) is 28.6 Å². The molecule has 2 aromatic rings. The van der Waals surface area contributed by atoms with Crippen molar-refractivity contribution in [3.05, 3.63) is 53.3 Å². The lowest BCUT2D eigenvalue weighted by Crippen LogP contribution is -2.33. The van der Waals surface area contributed by atoms with Crippen molar-refractivity contribution in [3.63, 3.8) is 0 Å². The van der Waals surface area contributed by atoms with Gasteiger partial charge < -0.3 is 15.5 Å². The van der Waals surface area contributed by atoms with Gasteiger partial charge in [-0.3, -0.25) is 0 Å². The molecule has 0 atom stereocenters. The summed E-state index contributed by atoms with van der Waals surface area (Å²) in [6, 6.07) is 6.75. The summed E-state index contributed by atoms with van der Waals surface area (Å²) in [6.07, 6.45) is -0.0333. The minimum Gasteiger partial charge on any atom is -0.367 e. The summed E-state index contributed by atoms with van der Waals surface area (Å²) in [5.74, 6) is -1.80. The highest BCUT2D eigenvalue weighted by molar-refractivity contribution is 6.02.